The highest BCUT2D eigenvalue weighted by atomic mass is 19.4. The number of alkyl halides is 3. The summed E-state index contributed by atoms with van der Waals surface area (Å²) in [5.41, 5.74) is 2.31. The van der Waals surface area contributed by atoms with Gasteiger partial charge in [-0.1, -0.05) is 0 Å². The molecule has 0 radical (unpaired) electrons. The highest BCUT2D eigenvalue weighted by Crippen LogP contribution is 2.18. The summed E-state index contributed by atoms with van der Waals surface area (Å²) in [4.78, 5) is 0. The van der Waals surface area contributed by atoms with Gasteiger partial charge >= 0.3 is 6.18 Å². The summed E-state index contributed by atoms with van der Waals surface area (Å²) in [6.45, 7) is 1.02. The molecule has 0 bridgehead atoms. The number of nitrogens with zero attached hydrogens (tertiary/aromatic N) is 1. The van der Waals surface area contributed by atoms with Crippen LogP contribution in [-0.4, -0.2) is 25.6 Å². The molecule has 2 N–H and O–H groups in total. The largest absolute Gasteiger partial charge is 0.408 e. The van der Waals surface area contributed by atoms with Crippen LogP contribution in [0.15, 0.2) is 5.10 Å². The van der Waals surface area contributed by atoms with Crippen molar-refractivity contribution in [3.63, 3.8) is 0 Å². The van der Waals surface area contributed by atoms with Gasteiger partial charge in [0.2, 0.25) is 0 Å². The zero-order valence-electron chi connectivity index (χ0n) is 6.24. The molecule has 1 unspecified atom stereocenters. The Morgan fingerprint density at radius 3 is 2.36 bits per heavy atom. The van der Waals surface area contributed by atoms with Crippen molar-refractivity contribution in [2.45, 2.75) is 19.1 Å². The fraction of sp³-hybridized carbons (Fsp3) is 0.800. The van der Waals surface area contributed by atoms with E-state index in [4.69, 9.17) is 0 Å². The minimum atomic E-state index is -4.22. The minimum absolute atomic E-state index is 0.970. The van der Waals surface area contributed by atoms with E-state index in [1.54, 1.807) is 0 Å². The Kier molecular flexibility index (Phi) is 3.70. The average Bonchev–Trinajstić information content (AvgIpc) is 1.86. The highest BCUT2D eigenvalue weighted by Gasteiger charge is 2.35. The molecule has 0 aliphatic carbocycles. The molecule has 0 fully saturated rings. The van der Waals surface area contributed by atoms with Gasteiger partial charge in [0.15, 0.2) is 0 Å². The molecule has 0 aromatic rings. The van der Waals surface area contributed by atoms with E-state index in [-0.39, 0.29) is 0 Å². The Morgan fingerprint density at radius 2 is 2.00 bits per heavy atom. The summed E-state index contributed by atoms with van der Waals surface area (Å²) in [5, 5.41) is 5.38. The molecule has 6 heteroatoms. The van der Waals surface area contributed by atoms with Gasteiger partial charge in [-0.3, -0.25) is 0 Å². The van der Waals surface area contributed by atoms with Gasteiger partial charge in [-0.15, -0.1) is 0 Å². The zero-order valence-corrected chi connectivity index (χ0v) is 6.24. The molecule has 0 aromatic carbocycles. The third-order valence-electron chi connectivity index (χ3n) is 1.01. The summed E-state index contributed by atoms with van der Waals surface area (Å²) in [7, 11) is 1.50. The lowest BCUT2D eigenvalue weighted by Gasteiger charge is -2.14. The highest BCUT2D eigenvalue weighted by molar-refractivity contribution is 5.54. The summed E-state index contributed by atoms with van der Waals surface area (Å²) in [6, 6.07) is -1.57. The van der Waals surface area contributed by atoms with E-state index < -0.39 is 12.2 Å². The first-order chi connectivity index (χ1) is 4.98. The lowest BCUT2D eigenvalue weighted by atomic mass is 10.3. The first-order valence-corrected chi connectivity index (χ1v) is 2.99. The van der Waals surface area contributed by atoms with E-state index in [0.717, 1.165) is 13.3 Å². The van der Waals surface area contributed by atoms with Crippen LogP contribution in [0.4, 0.5) is 13.2 Å². The van der Waals surface area contributed by atoms with Crippen molar-refractivity contribution in [2.75, 3.05) is 7.05 Å². The standard InChI is InChI=1S/C5H10F3N3/c1-4(5(6,7)8)10-3-11-9-2/h3-4,9H,1-2H3,(H,10,11). The fourth-order valence-electron chi connectivity index (χ4n) is 0.308. The van der Waals surface area contributed by atoms with Gasteiger partial charge in [-0.2, -0.15) is 18.3 Å². The van der Waals surface area contributed by atoms with Crippen molar-refractivity contribution in [1.29, 1.82) is 0 Å². The molecular weight excluding hydrogens is 159 g/mol. The lowest BCUT2D eigenvalue weighted by molar-refractivity contribution is -0.147. The van der Waals surface area contributed by atoms with Gasteiger partial charge in [0, 0.05) is 7.05 Å². The quantitative estimate of drug-likeness (QED) is 0.370. The van der Waals surface area contributed by atoms with Gasteiger partial charge in [0.25, 0.3) is 0 Å². The molecule has 1 atom stereocenters. The van der Waals surface area contributed by atoms with Crippen molar-refractivity contribution in [1.82, 2.24) is 10.7 Å². The first kappa shape index (κ1) is 10.1. The Bertz CT molecular complexity index is 131. The Morgan fingerprint density at radius 1 is 1.45 bits per heavy atom. The molecular formula is C5H10F3N3. The lowest BCUT2D eigenvalue weighted by Crippen LogP contribution is -2.39. The smallest absolute Gasteiger partial charge is 0.364 e. The third kappa shape index (κ3) is 4.46. The van der Waals surface area contributed by atoms with Crippen LogP contribution >= 0.6 is 0 Å². The second-order valence-electron chi connectivity index (χ2n) is 1.91. The maximum atomic E-state index is 11.7. The summed E-state index contributed by atoms with van der Waals surface area (Å²) >= 11 is 0. The number of hydrogen-bond donors (Lipinski definition) is 2. The number of hydrazone groups is 1. The monoisotopic (exact) mass is 169 g/mol. The molecule has 0 heterocycles. The summed E-state index contributed by atoms with van der Waals surface area (Å²) in [6.07, 6.45) is -3.25. The predicted molar refractivity (Wildman–Crippen MR) is 36.2 cm³/mol. The Balaban J connectivity index is 3.69. The molecule has 0 amide bonds. The summed E-state index contributed by atoms with van der Waals surface area (Å²) < 4.78 is 35.2. The van der Waals surface area contributed by atoms with Crippen LogP contribution in [0.5, 0.6) is 0 Å². The second kappa shape index (κ2) is 4.05. The van der Waals surface area contributed by atoms with Crippen molar-refractivity contribution < 1.29 is 13.2 Å². The average molecular weight is 169 g/mol. The second-order valence-corrected chi connectivity index (χ2v) is 1.91. The van der Waals surface area contributed by atoms with E-state index >= 15 is 0 Å². The number of hydrogen-bond acceptors (Lipinski definition) is 2. The molecule has 0 aromatic heterocycles. The molecule has 0 aliphatic heterocycles. The molecule has 66 valence electrons. The van der Waals surface area contributed by atoms with Crippen molar-refractivity contribution in [3.05, 3.63) is 0 Å². The van der Waals surface area contributed by atoms with Crippen molar-refractivity contribution in [2.24, 2.45) is 5.10 Å². The van der Waals surface area contributed by atoms with E-state index in [1.165, 1.54) is 7.05 Å². The molecule has 0 spiro atoms. The molecule has 3 nitrogen and oxygen atoms in total. The van der Waals surface area contributed by atoms with Crippen LogP contribution in [0.1, 0.15) is 6.92 Å². The molecule has 0 saturated carbocycles. The van der Waals surface area contributed by atoms with E-state index in [2.05, 4.69) is 10.5 Å². The predicted octanol–water partition coefficient (Wildman–Crippen LogP) is 0.690. The van der Waals surface area contributed by atoms with Crippen LogP contribution in [0.2, 0.25) is 0 Å². The van der Waals surface area contributed by atoms with Gasteiger partial charge in [0.1, 0.15) is 12.4 Å². The maximum Gasteiger partial charge on any atom is 0.408 e. The van der Waals surface area contributed by atoms with Crippen molar-refractivity contribution >= 4 is 6.34 Å². The van der Waals surface area contributed by atoms with Crippen molar-refractivity contribution in [3.8, 4) is 0 Å². The third-order valence-corrected chi connectivity index (χ3v) is 1.01. The topological polar surface area (TPSA) is 36.4 Å². The van der Waals surface area contributed by atoms with E-state index in [9.17, 15) is 13.2 Å². The SMILES string of the molecule is CN/N=C\NC(C)C(F)(F)F. The van der Waals surface area contributed by atoms with Gasteiger partial charge in [-0.25, -0.2) is 0 Å². The van der Waals surface area contributed by atoms with Gasteiger partial charge in [-0.05, 0) is 6.92 Å². The van der Waals surface area contributed by atoms with Crippen LogP contribution in [0, 0.1) is 0 Å². The molecule has 0 rings (SSSR count). The van der Waals surface area contributed by atoms with E-state index in [1.807, 2.05) is 5.32 Å². The Labute approximate surface area is 62.7 Å². The van der Waals surface area contributed by atoms with Gasteiger partial charge in [0.05, 0.1) is 0 Å². The molecule has 0 saturated heterocycles. The number of halogens is 3. The Hall–Kier alpha value is -0.940. The van der Waals surface area contributed by atoms with Crippen LogP contribution in [-0.2, 0) is 0 Å². The number of nitrogens with one attached hydrogen (secondary N) is 2. The zero-order chi connectivity index (χ0) is 8.91. The maximum absolute atomic E-state index is 11.7. The van der Waals surface area contributed by atoms with E-state index in [0.29, 0.717) is 0 Å². The number of rotatable bonds is 3. The van der Waals surface area contributed by atoms with Crippen LogP contribution in [0.25, 0.3) is 0 Å². The first-order valence-electron chi connectivity index (χ1n) is 2.99. The molecule has 11 heavy (non-hydrogen) atoms. The van der Waals surface area contributed by atoms with Crippen LogP contribution in [0.3, 0.4) is 0 Å². The van der Waals surface area contributed by atoms with Crippen LogP contribution < -0.4 is 10.7 Å². The summed E-state index contributed by atoms with van der Waals surface area (Å²) in [5.74, 6) is 0. The normalized spacial score (nSPS) is 15.0. The minimum Gasteiger partial charge on any atom is -0.364 e. The molecule has 0 aliphatic rings. The fourth-order valence-corrected chi connectivity index (χ4v) is 0.308. The van der Waals surface area contributed by atoms with Gasteiger partial charge < -0.3 is 10.7 Å².